The molecule has 2 unspecified atom stereocenters. The van der Waals surface area contributed by atoms with Gasteiger partial charge in [-0.3, -0.25) is 0 Å². The number of aliphatic hydroxyl groups is 1. The first kappa shape index (κ1) is 9.71. The molecule has 1 N–H and O–H groups in total. The summed E-state index contributed by atoms with van der Waals surface area (Å²) in [6.45, 7) is 1.81. The van der Waals surface area contributed by atoms with Gasteiger partial charge in [-0.2, -0.15) is 0 Å². The molecule has 0 spiro atoms. The summed E-state index contributed by atoms with van der Waals surface area (Å²) in [7, 11) is 0. The Morgan fingerprint density at radius 2 is 2.14 bits per heavy atom. The average Bonchev–Trinajstić information content (AvgIpc) is 2.73. The third-order valence-electron chi connectivity index (χ3n) is 3.11. The summed E-state index contributed by atoms with van der Waals surface area (Å²) in [5.41, 5.74) is 0.476. The second-order valence-electron chi connectivity index (χ2n) is 4.22. The number of aliphatic hydroxyl groups excluding tert-OH is 1. The molecule has 2 aliphatic rings. The smallest absolute Gasteiger partial charge is 0.337 e. The molecule has 1 aliphatic heterocycles. The Balaban J connectivity index is 2.06. The van der Waals surface area contributed by atoms with Crippen molar-refractivity contribution in [3.05, 3.63) is 11.6 Å². The van der Waals surface area contributed by atoms with Crippen LogP contribution >= 0.6 is 0 Å². The third kappa shape index (κ3) is 1.69. The highest BCUT2D eigenvalue weighted by Gasteiger charge is 2.34. The zero-order valence-electron chi connectivity index (χ0n) is 8.40. The van der Waals surface area contributed by atoms with Gasteiger partial charge in [0.2, 0.25) is 0 Å². The van der Waals surface area contributed by atoms with Crippen molar-refractivity contribution >= 4 is 5.97 Å². The van der Waals surface area contributed by atoms with E-state index in [1.54, 1.807) is 6.08 Å². The van der Waals surface area contributed by atoms with Crippen molar-refractivity contribution in [2.45, 2.75) is 44.8 Å². The Kier molecular flexibility index (Phi) is 2.59. The van der Waals surface area contributed by atoms with E-state index >= 15 is 0 Å². The van der Waals surface area contributed by atoms with Gasteiger partial charge in [0.1, 0.15) is 6.10 Å². The Hall–Kier alpha value is -0.830. The third-order valence-corrected chi connectivity index (χ3v) is 3.11. The maximum absolute atomic E-state index is 11.3. The predicted molar refractivity (Wildman–Crippen MR) is 51.6 cm³/mol. The standard InChI is InChI=1S/C11H16O3/c1-7-6-9(11(13)14-7)10(12)8-4-2-3-5-8/h6-8,10,12H,2-5H2,1H3. The molecule has 2 atom stereocenters. The number of carbonyl (C=O) groups excluding carboxylic acids is 1. The maximum atomic E-state index is 11.3. The molecule has 1 fully saturated rings. The summed E-state index contributed by atoms with van der Waals surface area (Å²) in [4.78, 5) is 11.3. The fraction of sp³-hybridized carbons (Fsp3) is 0.727. The van der Waals surface area contributed by atoms with Crippen molar-refractivity contribution < 1.29 is 14.6 Å². The van der Waals surface area contributed by atoms with Gasteiger partial charge in [0.15, 0.2) is 0 Å². The quantitative estimate of drug-likeness (QED) is 0.679. The van der Waals surface area contributed by atoms with Crippen LogP contribution < -0.4 is 0 Å². The highest BCUT2D eigenvalue weighted by atomic mass is 16.5. The van der Waals surface area contributed by atoms with E-state index in [4.69, 9.17) is 4.74 Å². The molecule has 0 aromatic carbocycles. The SMILES string of the molecule is CC1C=C(C(O)C2CCCC2)C(=O)O1. The number of carbonyl (C=O) groups is 1. The van der Waals surface area contributed by atoms with Gasteiger partial charge in [-0.1, -0.05) is 12.8 Å². The van der Waals surface area contributed by atoms with Crippen molar-refractivity contribution in [3.63, 3.8) is 0 Å². The molecule has 0 aromatic rings. The summed E-state index contributed by atoms with van der Waals surface area (Å²) in [5, 5.41) is 9.97. The summed E-state index contributed by atoms with van der Waals surface area (Å²) in [6, 6.07) is 0. The van der Waals surface area contributed by atoms with E-state index in [-0.39, 0.29) is 18.0 Å². The summed E-state index contributed by atoms with van der Waals surface area (Å²) < 4.78 is 4.96. The monoisotopic (exact) mass is 196 g/mol. The minimum atomic E-state index is -0.602. The lowest BCUT2D eigenvalue weighted by Gasteiger charge is -2.16. The molecule has 0 amide bonds. The molecule has 14 heavy (non-hydrogen) atoms. The Bertz CT molecular complexity index is 264. The van der Waals surface area contributed by atoms with E-state index in [1.807, 2.05) is 6.92 Å². The minimum Gasteiger partial charge on any atom is -0.455 e. The van der Waals surface area contributed by atoms with Gasteiger partial charge in [0.25, 0.3) is 0 Å². The van der Waals surface area contributed by atoms with E-state index in [0.717, 1.165) is 12.8 Å². The van der Waals surface area contributed by atoms with Crippen molar-refractivity contribution in [1.82, 2.24) is 0 Å². The zero-order valence-corrected chi connectivity index (χ0v) is 8.40. The lowest BCUT2D eigenvalue weighted by molar-refractivity contribution is -0.140. The number of rotatable bonds is 2. The fourth-order valence-corrected chi connectivity index (χ4v) is 2.34. The average molecular weight is 196 g/mol. The van der Waals surface area contributed by atoms with Gasteiger partial charge < -0.3 is 9.84 Å². The Labute approximate surface area is 83.8 Å². The van der Waals surface area contributed by atoms with Gasteiger partial charge in [-0.15, -0.1) is 0 Å². The largest absolute Gasteiger partial charge is 0.455 e. The van der Waals surface area contributed by atoms with Gasteiger partial charge in [0, 0.05) is 0 Å². The van der Waals surface area contributed by atoms with E-state index in [2.05, 4.69) is 0 Å². The number of ether oxygens (including phenoxy) is 1. The minimum absolute atomic E-state index is 0.173. The van der Waals surface area contributed by atoms with Crippen LogP contribution in [0.5, 0.6) is 0 Å². The molecule has 78 valence electrons. The molecule has 0 bridgehead atoms. The lowest BCUT2D eigenvalue weighted by atomic mass is 9.94. The number of esters is 1. The van der Waals surface area contributed by atoms with Gasteiger partial charge >= 0.3 is 5.97 Å². The summed E-state index contributed by atoms with van der Waals surface area (Å²) in [6.07, 6.45) is 5.36. The number of hydrogen-bond acceptors (Lipinski definition) is 3. The van der Waals surface area contributed by atoms with Crippen LogP contribution in [0.1, 0.15) is 32.6 Å². The van der Waals surface area contributed by atoms with Crippen LogP contribution in [0.3, 0.4) is 0 Å². The Morgan fingerprint density at radius 1 is 1.50 bits per heavy atom. The zero-order chi connectivity index (χ0) is 10.1. The summed E-state index contributed by atoms with van der Waals surface area (Å²) >= 11 is 0. The van der Waals surface area contributed by atoms with E-state index in [1.165, 1.54) is 12.8 Å². The fourth-order valence-electron chi connectivity index (χ4n) is 2.34. The normalized spacial score (nSPS) is 30.3. The number of cyclic esters (lactones) is 1. The van der Waals surface area contributed by atoms with Crippen molar-refractivity contribution in [3.8, 4) is 0 Å². The molecule has 1 saturated carbocycles. The molecule has 0 radical (unpaired) electrons. The van der Waals surface area contributed by atoms with Crippen LogP contribution in [0.2, 0.25) is 0 Å². The Morgan fingerprint density at radius 3 is 2.64 bits per heavy atom. The first-order chi connectivity index (χ1) is 6.68. The van der Waals surface area contributed by atoms with Crippen LogP contribution in [0.15, 0.2) is 11.6 Å². The van der Waals surface area contributed by atoms with Crippen molar-refractivity contribution in [1.29, 1.82) is 0 Å². The molecular weight excluding hydrogens is 180 g/mol. The van der Waals surface area contributed by atoms with Crippen LogP contribution in [0.25, 0.3) is 0 Å². The van der Waals surface area contributed by atoms with E-state index < -0.39 is 6.10 Å². The molecular formula is C11H16O3. The van der Waals surface area contributed by atoms with E-state index in [9.17, 15) is 9.90 Å². The van der Waals surface area contributed by atoms with Crippen molar-refractivity contribution in [2.75, 3.05) is 0 Å². The van der Waals surface area contributed by atoms with Crippen LogP contribution in [0, 0.1) is 5.92 Å². The molecule has 3 heteroatoms. The highest BCUT2D eigenvalue weighted by Crippen LogP contribution is 2.32. The van der Waals surface area contributed by atoms with Crippen molar-refractivity contribution in [2.24, 2.45) is 5.92 Å². The number of hydrogen-bond donors (Lipinski definition) is 1. The maximum Gasteiger partial charge on any atom is 0.337 e. The van der Waals surface area contributed by atoms with E-state index in [0.29, 0.717) is 5.57 Å². The summed E-state index contributed by atoms with van der Waals surface area (Å²) in [5.74, 6) is -0.0731. The lowest BCUT2D eigenvalue weighted by Crippen LogP contribution is -2.23. The second kappa shape index (κ2) is 3.73. The molecule has 1 heterocycles. The molecule has 0 saturated heterocycles. The predicted octanol–water partition coefficient (Wildman–Crippen LogP) is 1.41. The molecule has 0 aromatic heterocycles. The first-order valence-electron chi connectivity index (χ1n) is 5.29. The topological polar surface area (TPSA) is 46.5 Å². The highest BCUT2D eigenvalue weighted by molar-refractivity contribution is 5.92. The second-order valence-corrected chi connectivity index (χ2v) is 4.22. The van der Waals surface area contributed by atoms with Gasteiger partial charge in [-0.25, -0.2) is 4.79 Å². The first-order valence-corrected chi connectivity index (χ1v) is 5.29. The van der Waals surface area contributed by atoms with Crippen LogP contribution in [0.4, 0.5) is 0 Å². The van der Waals surface area contributed by atoms with Crippen LogP contribution in [-0.2, 0) is 9.53 Å². The molecule has 1 aliphatic carbocycles. The van der Waals surface area contributed by atoms with Crippen LogP contribution in [-0.4, -0.2) is 23.3 Å². The molecule has 2 rings (SSSR count). The van der Waals surface area contributed by atoms with Gasteiger partial charge in [-0.05, 0) is 31.8 Å². The molecule has 3 nitrogen and oxygen atoms in total. The van der Waals surface area contributed by atoms with Gasteiger partial charge in [0.05, 0.1) is 11.7 Å².